The normalized spacial score (nSPS) is 12.9. The zero-order chi connectivity index (χ0) is 15.1. The molecule has 0 aliphatic heterocycles. The first-order valence-electron chi connectivity index (χ1n) is 6.96. The number of urea groups is 1. The second-order valence-corrected chi connectivity index (χ2v) is 6.09. The van der Waals surface area contributed by atoms with Gasteiger partial charge in [-0.05, 0) is 25.2 Å². The summed E-state index contributed by atoms with van der Waals surface area (Å²) in [6, 6.07) is -0.490. The molecule has 0 aromatic heterocycles. The average molecular weight is 272 g/mol. The first kappa shape index (κ1) is 17.7. The number of carbonyl (C=O) groups excluding carboxylic acids is 1. The Morgan fingerprint density at radius 1 is 1.26 bits per heavy atom. The third-order valence-corrected chi connectivity index (χ3v) is 2.77. The lowest BCUT2D eigenvalue weighted by atomic mass is 9.87. The zero-order valence-electron chi connectivity index (χ0n) is 12.8. The van der Waals surface area contributed by atoms with Crippen molar-refractivity contribution >= 4 is 12.0 Å². The molecule has 0 aliphatic carbocycles. The van der Waals surface area contributed by atoms with Crippen molar-refractivity contribution in [1.29, 1.82) is 0 Å². The van der Waals surface area contributed by atoms with E-state index in [1.807, 2.05) is 34.6 Å². The van der Waals surface area contributed by atoms with E-state index in [1.54, 1.807) is 4.90 Å². The second-order valence-electron chi connectivity index (χ2n) is 6.09. The van der Waals surface area contributed by atoms with E-state index in [9.17, 15) is 9.59 Å². The Labute approximate surface area is 116 Å². The summed E-state index contributed by atoms with van der Waals surface area (Å²) in [5.74, 6) is -0.881. The highest BCUT2D eigenvalue weighted by atomic mass is 16.4. The summed E-state index contributed by atoms with van der Waals surface area (Å²) in [5.41, 5.74) is -0.0187. The molecule has 5 nitrogen and oxygen atoms in total. The molecule has 0 bridgehead atoms. The topological polar surface area (TPSA) is 69.6 Å². The van der Waals surface area contributed by atoms with Gasteiger partial charge in [0, 0.05) is 19.1 Å². The van der Waals surface area contributed by atoms with Crippen LogP contribution in [0.5, 0.6) is 0 Å². The average Bonchev–Trinajstić information content (AvgIpc) is 2.21. The van der Waals surface area contributed by atoms with Crippen LogP contribution < -0.4 is 5.32 Å². The number of carboxylic acids is 1. The standard InChI is InChI=1S/C14H28N2O3/c1-6-8-16(7-2)13(19)15-11(9-12(17)18)10-14(3,4)5/h11H,6-10H2,1-5H3,(H,15,19)(H,17,18). The molecule has 0 saturated carbocycles. The van der Waals surface area contributed by atoms with Crippen molar-refractivity contribution < 1.29 is 14.7 Å². The van der Waals surface area contributed by atoms with Crippen LogP contribution in [0, 0.1) is 5.41 Å². The molecule has 112 valence electrons. The highest BCUT2D eigenvalue weighted by Crippen LogP contribution is 2.22. The quantitative estimate of drug-likeness (QED) is 0.748. The molecule has 19 heavy (non-hydrogen) atoms. The van der Waals surface area contributed by atoms with Crippen LogP contribution in [0.15, 0.2) is 0 Å². The number of carboxylic acid groups (broad SMARTS) is 1. The van der Waals surface area contributed by atoms with E-state index < -0.39 is 5.97 Å². The molecule has 0 aliphatic rings. The van der Waals surface area contributed by atoms with Crippen molar-refractivity contribution in [3.8, 4) is 0 Å². The number of hydrogen-bond acceptors (Lipinski definition) is 2. The van der Waals surface area contributed by atoms with Crippen molar-refractivity contribution in [2.45, 2.75) is 59.9 Å². The molecular formula is C14H28N2O3. The van der Waals surface area contributed by atoms with Crippen molar-refractivity contribution in [2.24, 2.45) is 5.41 Å². The Hall–Kier alpha value is -1.26. The Kier molecular flexibility index (Phi) is 7.49. The van der Waals surface area contributed by atoms with Gasteiger partial charge in [0.2, 0.25) is 0 Å². The molecule has 0 spiro atoms. The summed E-state index contributed by atoms with van der Waals surface area (Å²) in [6.07, 6.45) is 1.51. The largest absolute Gasteiger partial charge is 0.481 e. The Balaban J connectivity index is 4.61. The second kappa shape index (κ2) is 8.02. The van der Waals surface area contributed by atoms with Crippen molar-refractivity contribution in [1.82, 2.24) is 10.2 Å². The summed E-state index contributed by atoms with van der Waals surface area (Å²) < 4.78 is 0. The molecule has 2 amide bonds. The SMILES string of the molecule is CCCN(CC)C(=O)NC(CC(=O)O)CC(C)(C)C. The van der Waals surface area contributed by atoms with Gasteiger partial charge < -0.3 is 15.3 Å². The van der Waals surface area contributed by atoms with Gasteiger partial charge in [-0.3, -0.25) is 4.79 Å². The minimum atomic E-state index is -0.881. The van der Waals surface area contributed by atoms with Gasteiger partial charge in [-0.2, -0.15) is 0 Å². The number of carbonyl (C=O) groups is 2. The lowest BCUT2D eigenvalue weighted by Gasteiger charge is -2.28. The first-order valence-corrected chi connectivity index (χ1v) is 6.96. The predicted octanol–water partition coefficient (Wildman–Crippen LogP) is 2.71. The molecule has 0 heterocycles. The van der Waals surface area contributed by atoms with Gasteiger partial charge in [-0.15, -0.1) is 0 Å². The Morgan fingerprint density at radius 3 is 2.21 bits per heavy atom. The monoisotopic (exact) mass is 272 g/mol. The maximum atomic E-state index is 12.1. The summed E-state index contributed by atoms with van der Waals surface area (Å²) in [6.45, 7) is 11.4. The van der Waals surface area contributed by atoms with Gasteiger partial charge in [0.1, 0.15) is 0 Å². The molecule has 5 heteroatoms. The third kappa shape index (κ3) is 8.46. The molecule has 0 aromatic rings. The van der Waals surface area contributed by atoms with Crippen LogP contribution in [0.3, 0.4) is 0 Å². The van der Waals surface area contributed by atoms with Crippen LogP contribution in [0.2, 0.25) is 0 Å². The van der Waals surface area contributed by atoms with Crippen LogP contribution in [0.25, 0.3) is 0 Å². The molecule has 0 rings (SSSR count). The molecule has 2 N–H and O–H groups in total. The van der Waals surface area contributed by atoms with Gasteiger partial charge in [-0.25, -0.2) is 4.79 Å². The highest BCUT2D eigenvalue weighted by Gasteiger charge is 2.24. The fourth-order valence-electron chi connectivity index (χ4n) is 2.06. The molecule has 0 aromatic carbocycles. The predicted molar refractivity (Wildman–Crippen MR) is 76.2 cm³/mol. The van der Waals surface area contributed by atoms with Crippen molar-refractivity contribution in [2.75, 3.05) is 13.1 Å². The number of aliphatic carboxylic acids is 1. The number of amides is 2. The van der Waals surface area contributed by atoms with E-state index in [0.29, 0.717) is 19.5 Å². The number of nitrogens with one attached hydrogen (secondary N) is 1. The van der Waals surface area contributed by atoms with E-state index in [2.05, 4.69) is 5.32 Å². The van der Waals surface area contributed by atoms with Crippen LogP contribution in [-0.2, 0) is 4.79 Å². The third-order valence-electron chi connectivity index (χ3n) is 2.77. The van der Waals surface area contributed by atoms with Crippen LogP contribution in [0.4, 0.5) is 4.79 Å². The number of nitrogens with zero attached hydrogens (tertiary/aromatic N) is 1. The van der Waals surface area contributed by atoms with E-state index in [-0.39, 0.29) is 23.9 Å². The lowest BCUT2D eigenvalue weighted by molar-refractivity contribution is -0.137. The maximum Gasteiger partial charge on any atom is 0.317 e. The molecule has 0 radical (unpaired) electrons. The first-order chi connectivity index (χ1) is 8.69. The number of hydrogen-bond donors (Lipinski definition) is 2. The van der Waals surface area contributed by atoms with E-state index in [0.717, 1.165) is 6.42 Å². The Bertz CT molecular complexity index is 298. The van der Waals surface area contributed by atoms with Gasteiger partial charge in [0.25, 0.3) is 0 Å². The molecule has 1 atom stereocenters. The molecule has 1 unspecified atom stereocenters. The van der Waals surface area contributed by atoms with Crippen LogP contribution in [-0.4, -0.2) is 41.1 Å². The van der Waals surface area contributed by atoms with Gasteiger partial charge in [-0.1, -0.05) is 27.7 Å². The van der Waals surface area contributed by atoms with Crippen LogP contribution in [0.1, 0.15) is 53.9 Å². The summed E-state index contributed by atoms with van der Waals surface area (Å²) in [5, 5.41) is 11.8. The smallest absolute Gasteiger partial charge is 0.317 e. The van der Waals surface area contributed by atoms with E-state index in [1.165, 1.54) is 0 Å². The Morgan fingerprint density at radius 2 is 1.84 bits per heavy atom. The van der Waals surface area contributed by atoms with Gasteiger partial charge in [0.15, 0.2) is 0 Å². The molecule has 0 saturated heterocycles. The van der Waals surface area contributed by atoms with Gasteiger partial charge >= 0.3 is 12.0 Å². The lowest BCUT2D eigenvalue weighted by Crippen LogP contribution is -2.46. The summed E-state index contributed by atoms with van der Waals surface area (Å²) >= 11 is 0. The van der Waals surface area contributed by atoms with E-state index >= 15 is 0 Å². The zero-order valence-corrected chi connectivity index (χ0v) is 12.8. The van der Waals surface area contributed by atoms with Gasteiger partial charge in [0.05, 0.1) is 6.42 Å². The van der Waals surface area contributed by atoms with Crippen molar-refractivity contribution in [3.05, 3.63) is 0 Å². The van der Waals surface area contributed by atoms with E-state index in [4.69, 9.17) is 5.11 Å². The van der Waals surface area contributed by atoms with Crippen molar-refractivity contribution in [3.63, 3.8) is 0 Å². The number of rotatable bonds is 7. The maximum absolute atomic E-state index is 12.1. The summed E-state index contributed by atoms with van der Waals surface area (Å²) in [4.78, 5) is 24.6. The summed E-state index contributed by atoms with van der Waals surface area (Å²) in [7, 11) is 0. The van der Waals surface area contributed by atoms with Crippen LogP contribution >= 0.6 is 0 Å². The fraction of sp³-hybridized carbons (Fsp3) is 0.857. The minimum Gasteiger partial charge on any atom is -0.481 e. The molecule has 0 fully saturated rings. The highest BCUT2D eigenvalue weighted by molar-refractivity contribution is 5.75. The fourth-order valence-corrected chi connectivity index (χ4v) is 2.06. The minimum absolute atomic E-state index is 0.0187. The molecular weight excluding hydrogens is 244 g/mol.